The zero-order chi connectivity index (χ0) is 32.1. The molecule has 0 amide bonds. The fraction of sp³-hybridized carbons (Fsp3) is 0.438. The molecule has 0 fully saturated rings. The van der Waals surface area contributed by atoms with Gasteiger partial charge in [-0.2, -0.15) is 0 Å². The van der Waals surface area contributed by atoms with Gasteiger partial charge in [-0.1, -0.05) is 29.4 Å². The van der Waals surface area contributed by atoms with Crippen molar-refractivity contribution in [2.24, 2.45) is 4.99 Å². The molecule has 0 radical (unpaired) electrons. The van der Waals surface area contributed by atoms with Crippen LogP contribution in [0.1, 0.15) is 48.4 Å². The number of sulfonamides is 1. The summed E-state index contributed by atoms with van der Waals surface area (Å²) in [6, 6.07) is 10.8. The molecule has 1 aliphatic rings. The van der Waals surface area contributed by atoms with Crippen molar-refractivity contribution in [1.29, 1.82) is 0 Å². The van der Waals surface area contributed by atoms with E-state index in [0.29, 0.717) is 40.4 Å². The van der Waals surface area contributed by atoms with Crippen LogP contribution in [0.15, 0.2) is 61.3 Å². The molecule has 0 atom stereocenters. The predicted molar refractivity (Wildman–Crippen MR) is 171 cm³/mol. The number of aliphatic imine (C=N–C) groups is 1. The molecule has 0 unspecified atom stereocenters. The number of ether oxygens (including phenoxy) is 2. The number of aromatic nitrogens is 1. The Morgan fingerprint density at radius 1 is 0.818 bits per heavy atom. The number of nitrogens with zero attached hydrogens (tertiary/aromatic N) is 2. The molecule has 4 rings (SSSR count). The van der Waals surface area contributed by atoms with Crippen LogP contribution < -0.4 is 4.72 Å². The summed E-state index contributed by atoms with van der Waals surface area (Å²) in [7, 11) is -7.26. The average molecular weight is 644 g/mol. The molecule has 0 saturated carbocycles. The van der Waals surface area contributed by atoms with Crippen LogP contribution in [0.5, 0.6) is 0 Å². The summed E-state index contributed by atoms with van der Waals surface area (Å²) in [6.45, 7) is 12.8. The van der Waals surface area contributed by atoms with Crippen molar-refractivity contribution in [3.63, 3.8) is 0 Å². The highest BCUT2D eigenvalue weighted by Crippen LogP contribution is 2.31. The van der Waals surface area contributed by atoms with Crippen LogP contribution in [0, 0.1) is 27.7 Å². The quantitative estimate of drug-likeness (QED) is 0.229. The lowest BCUT2D eigenvalue weighted by Crippen LogP contribution is -2.28. The highest BCUT2D eigenvalue weighted by molar-refractivity contribution is 7.91. The van der Waals surface area contributed by atoms with Crippen molar-refractivity contribution in [3.8, 4) is 11.1 Å². The van der Waals surface area contributed by atoms with Gasteiger partial charge in [0.05, 0.1) is 47.6 Å². The van der Waals surface area contributed by atoms with E-state index in [4.69, 9.17) is 14.0 Å². The number of aryl methyl sites for hydroxylation is 4. The van der Waals surface area contributed by atoms with Crippen molar-refractivity contribution in [3.05, 3.63) is 70.1 Å². The zero-order valence-electron chi connectivity index (χ0n) is 26.2. The third-order valence-electron chi connectivity index (χ3n) is 7.57. The number of allylic oxidation sites excluding steroid dienone is 1. The van der Waals surface area contributed by atoms with Crippen LogP contribution in [0.2, 0.25) is 0 Å². The highest BCUT2D eigenvalue weighted by Gasteiger charge is 2.22. The Morgan fingerprint density at radius 2 is 1.45 bits per heavy atom. The van der Waals surface area contributed by atoms with E-state index in [1.54, 1.807) is 39.0 Å². The van der Waals surface area contributed by atoms with E-state index in [0.717, 1.165) is 33.5 Å². The molecule has 2 heterocycles. The number of nitrogens with one attached hydrogen (secondary N) is 1. The SMILES string of the molecule is CC1=NCC(C)=C1c1ccc(C)c(S(=O)(=O)CCCOCCOCCNS(=O)(=O)c2cc(-c3c(C)noc3C)ccc2C)c1. The minimum atomic E-state index is -3.77. The molecule has 0 aliphatic carbocycles. The van der Waals surface area contributed by atoms with Crippen LogP contribution in [0.3, 0.4) is 0 Å². The molecule has 2 aromatic carbocycles. The first-order chi connectivity index (χ1) is 20.8. The molecular weight excluding hydrogens is 603 g/mol. The maximum absolute atomic E-state index is 13.1. The number of rotatable bonds is 15. The monoisotopic (exact) mass is 643 g/mol. The molecule has 0 bridgehead atoms. The average Bonchev–Trinajstić information content (AvgIpc) is 3.49. The molecule has 0 spiro atoms. The smallest absolute Gasteiger partial charge is 0.240 e. The van der Waals surface area contributed by atoms with Gasteiger partial charge in [0.2, 0.25) is 10.0 Å². The molecule has 0 saturated heterocycles. The van der Waals surface area contributed by atoms with E-state index in [1.807, 2.05) is 39.0 Å². The van der Waals surface area contributed by atoms with Crippen molar-refractivity contribution < 1.29 is 30.8 Å². The van der Waals surface area contributed by atoms with Crippen molar-refractivity contribution >= 4 is 31.1 Å². The van der Waals surface area contributed by atoms with Gasteiger partial charge in [0, 0.05) is 30.0 Å². The summed E-state index contributed by atoms with van der Waals surface area (Å²) in [6.07, 6.45) is 0.348. The summed E-state index contributed by atoms with van der Waals surface area (Å²) in [4.78, 5) is 4.99. The van der Waals surface area contributed by atoms with E-state index in [1.165, 1.54) is 0 Å². The summed E-state index contributed by atoms with van der Waals surface area (Å²) in [5.74, 6) is 0.598. The second-order valence-corrected chi connectivity index (χ2v) is 14.8. The lowest BCUT2D eigenvalue weighted by Gasteiger charge is -2.12. The third kappa shape index (κ3) is 7.91. The molecule has 44 heavy (non-hydrogen) atoms. The number of hydrogen-bond donors (Lipinski definition) is 1. The Labute approximate surface area is 260 Å². The summed E-state index contributed by atoms with van der Waals surface area (Å²) < 4.78 is 71.1. The van der Waals surface area contributed by atoms with Crippen LogP contribution >= 0.6 is 0 Å². The van der Waals surface area contributed by atoms with Gasteiger partial charge in [0.15, 0.2) is 9.84 Å². The maximum Gasteiger partial charge on any atom is 0.240 e. The van der Waals surface area contributed by atoms with E-state index in [-0.39, 0.29) is 43.6 Å². The summed E-state index contributed by atoms with van der Waals surface area (Å²) >= 11 is 0. The van der Waals surface area contributed by atoms with Crippen LogP contribution in [-0.2, 0) is 29.3 Å². The third-order valence-corrected chi connectivity index (χ3v) is 11.1. The molecule has 238 valence electrons. The van der Waals surface area contributed by atoms with Crippen molar-refractivity contribution in [1.82, 2.24) is 9.88 Å². The molecule has 1 aliphatic heterocycles. The van der Waals surface area contributed by atoms with Gasteiger partial charge >= 0.3 is 0 Å². The first-order valence-corrected chi connectivity index (χ1v) is 17.7. The lowest BCUT2D eigenvalue weighted by molar-refractivity contribution is 0.0504. The van der Waals surface area contributed by atoms with E-state index in [9.17, 15) is 16.8 Å². The molecule has 12 heteroatoms. The topological polar surface area (TPSA) is 137 Å². The van der Waals surface area contributed by atoms with Gasteiger partial charge < -0.3 is 14.0 Å². The number of benzene rings is 2. The number of hydrogen-bond acceptors (Lipinski definition) is 9. The Morgan fingerprint density at radius 3 is 2.09 bits per heavy atom. The van der Waals surface area contributed by atoms with Crippen molar-refractivity contribution in [2.45, 2.75) is 57.8 Å². The van der Waals surface area contributed by atoms with Gasteiger partial charge in [-0.15, -0.1) is 0 Å². The Bertz CT molecular complexity index is 1770. The van der Waals surface area contributed by atoms with Gasteiger partial charge in [-0.25, -0.2) is 21.6 Å². The molecule has 10 nitrogen and oxygen atoms in total. The van der Waals surface area contributed by atoms with E-state index >= 15 is 0 Å². The molecule has 3 aromatic rings. The fourth-order valence-corrected chi connectivity index (χ4v) is 8.16. The highest BCUT2D eigenvalue weighted by atomic mass is 32.2. The van der Waals surface area contributed by atoms with Crippen LogP contribution in [0.4, 0.5) is 0 Å². The summed E-state index contributed by atoms with van der Waals surface area (Å²) in [5, 5.41) is 3.96. The predicted octanol–water partition coefficient (Wildman–Crippen LogP) is 5.00. The van der Waals surface area contributed by atoms with Gasteiger partial charge in [-0.3, -0.25) is 4.99 Å². The Hall–Kier alpha value is -3.16. The Balaban J connectivity index is 1.18. The van der Waals surface area contributed by atoms with Crippen LogP contribution in [0.25, 0.3) is 16.7 Å². The molecular formula is C32H41N3O7S2. The Kier molecular flexibility index (Phi) is 11.0. The standard InChI is InChI=1S/C32H41N3O7S2/c1-21-8-10-27(31-23(3)20-33-24(31)4)18-29(21)43(36,37)17-7-13-40-15-16-41-14-12-34-44(38,39)30-19-28(11-9-22(30)2)32-25(5)35-42-26(32)6/h8-11,18-19,34H,7,12-17,20H2,1-6H3. The van der Waals surface area contributed by atoms with Gasteiger partial charge in [-0.05, 0) is 87.9 Å². The largest absolute Gasteiger partial charge is 0.379 e. The minimum absolute atomic E-state index is 0.0259. The maximum atomic E-state index is 13.1. The first kappa shape index (κ1) is 33.7. The van der Waals surface area contributed by atoms with E-state index < -0.39 is 19.9 Å². The van der Waals surface area contributed by atoms with Crippen molar-refractivity contribution in [2.75, 3.05) is 45.3 Å². The molecule has 1 N–H and O–H groups in total. The van der Waals surface area contributed by atoms with Gasteiger partial charge in [0.25, 0.3) is 0 Å². The van der Waals surface area contributed by atoms with Gasteiger partial charge in [0.1, 0.15) is 5.76 Å². The minimum Gasteiger partial charge on any atom is -0.379 e. The molecule has 1 aromatic heterocycles. The second-order valence-electron chi connectivity index (χ2n) is 11.0. The van der Waals surface area contributed by atoms with E-state index in [2.05, 4.69) is 14.9 Å². The van der Waals surface area contributed by atoms with Crippen LogP contribution in [-0.4, -0.2) is 73.0 Å². The first-order valence-electron chi connectivity index (χ1n) is 14.6. The number of sulfone groups is 1. The fourth-order valence-electron chi connectivity index (χ4n) is 5.30. The summed E-state index contributed by atoms with van der Waals surface area (Å²) in [5.41, 5.74) is 7.50. The normalized spacial score (nSPS) is 14.0. The second kappa shape index (κ2) is 14.3. The zero-order valence-corrected chi connectivity index (χ0v) is 27.8. The lowest BCUT2D eigenvalue weighted by atomic mass is 9.98.